The molecular formula is C27H26N6O2S2. The number of H-pyrrole nitrogens is 1. The second-order valence-corrected chi connectivity index (χ2v) is 12.5. The molecule has 0 atom stereocenters. The van der Waals surface area contributed by atoms with E-state index in [0.717, 1.165) is 49.9 Å². The molecule has 1 aliphatic rings. The van der Waals surface area contributed by atoms with Crippen LogP contribution in [0.25, 0.3) is 21.3 Å². The number of nitrogens with one attached hydrogen (secondary N) is 2. The second kappa shape index (κ2) is 10.1. The lowest BCUT2D eigenvalue weighted by Crippen LogP contribution is -2.38. The predicted octanol–water partition coefficient (Wildman–Crippen LogP) is 5.32. The molecule has 1 saturated heterocycles. The number of aromatic amines is 1. The molecule has 0 bridgehead atoms. The normalized spacial score (nSPS) is 16.4. The topological polar surface area (TPSA) is 110 Å². The van der Waals surface area contributed by atoms with Crippen LogP contribution in [0, 0.1) is 11.8 Å². The maximum Gasteiger partial charge on any atom is 0.151 e. The van der Waals surface area contributed by atoms with Crippen LogP contribution in [-0.4, -0.2) is 65.1 Å². The molecule has 8 nitrogen and oxygen atoms in total. The first kappa shape index (κ1) is 23.9. The molecule has 0 unspecified atom stereocenters. The zero-order valence-corrected chi connectivity index (χ0v) is 21.6. The lowest BCUT2D eigenvalue weighted by Gasteiger charge is -2.40. The fourth-order valence-corrected chi connectivity index (χ4v) is 6.55. The molecule has 10 heteroatoms. The molecule has 1 aliphatic heterocycles. The van der Waals surface area contributed by atoms with Gasteiger partial charge in [0.05, 0.1) is 44.2 Å². The summed E-state index contributed by atoms with van der Waals surface area (Å²) in [5.41, 5.74) is 4.88. The van der Waals surface area contributed by atoms with Crippen molar-refractivity contribution in [2.75, 3.05) is 36.5 Å². The van der Waals surface area contributed by atoms with Crippen molar-refractivity contribution >= 4 is 54.7 Å². The van der Waals surface area contributed by atoms with E-state index in [0.29, 0.717) is 31.1 Å². The Balaban J connectivity index is 1.17. The van der Waals surface area contributed by atoms with Gasteiger partial charge in [0.2, 0.25) is 0 Å². The average molecular weight is 531 g/mol. The van der Waals surface area contributed by atoms with Crippen LogP contribution in [-0.2, 0) is 6.42 Å². The van der Waals surface area contributed by atoms with Gasteiger partial charge in [-0.25, -0.2) is 15.0 Å². The monoisotopic (exact) mass is 530 g/mol. The minimum atomic E-state index is -2.38. The summed E-state index contributed by atoms with van der Waals surface area (Å²) in [5.74, 6) is 9.00. The molecule has 4 heterocycles. The quantitative estimate of drug-likeness (QED) is 0.228. The highest BCUT2D eigenvalue weighted by Gasteiger charge is 2.21. The summed E-state index contributed by atoms with van der Waals surface area (Å²) in [6, 6.07) is 18.3. The number of fused-ring (bicyclic) bond motifs is 2. The van der Waals surface area contributed by atoms with Gasteiger partial charge >= 0.3 is 0 Å². The SMILES string of the molecule is OS1(O)CCN(CC#Cc2cc3ncnc(Nc4ccc5nc(Cc6ccccc6)[nH]c5c4)c3s2)CC1. The fraction of sp³-hybridized carbons (Fsp3) is 0.222. The van der Waals surface area contributed by atoms with Gasteiger partial charge in [-0.15, -0.1) is 11.3 Å². The zero-order valence-electron chi connectivity index (χ0n) is 20.0. The summed E-state index contributed by atoms with van der Waals surface area (Å²) in [6.07, 6.45) is 2.32. The Labute approximate surface area is 220 Å². The van der Waals surface area contributed by atoms with Gasteiger partial charge in [0.25, 0.3) is 0 Å². The van der Waals surface area contributed by atoms with E-state index >= 15 is 0 Å². The molecule has 37 heavy (non-hydrogen) atoms. The molecule has 188 valence electrons. The van der Waals surface area contributed by atoms with Crippen molar-refractivity contribution in [2.24, 2.45) is 0 Å². The van der Waals surface area contributed by atoms with E-state index < -0.39 is 10.6 Å². The van der Waals surface area contributed by atoms with Gasteiger partial charge in [-0.05, 0) is 29.8 Å². The predicted molar refractivity (Wildman–Crippen MR) is 152 cm³/mol. The van der Waals surface area contributed by atoms with Crippen LogP contribution in [0.5, 0.6) is 0 Å². The molecule has 0 radical (unpaired) electrons. The van der Waals surface area contributed by atoms with Gasteiger partial charge in [0.1, 0.15) is 12.2 Å². The van der Waals surface area contributed by atoms with Crippen LogP contribution in [0.15, 0.2) is 60.9 Å². The molecule has 0 saturated carbocycles. The molecule has 6 rings (SSSR count). The number of benzene rings is 2. The Bertz CT molecular complexity index is 1610. The molecule has 0 amide bonds. The van der Waals surface area contributed by atoms with E-state index in [1.807, 2.05) is 42.5 Å². The fourth-order valence-electron chi connectivity index (χ4n) is 4.32. The van der Waals surface area contributed by atoms with E-state index in [4.69, 9.17) is 4.98 Å². The second-order valence-electron chi connectivity index (χ2n) is 9.04. The highest BCUT2D eigenvalue weighted by atomic mass is 32.3. The number of imidazole rings is 1. The standard InChI is InChI=1S/C27H26N6O2S2/c34-37(35)13-11-33(12-14-37)10-4-7-21-17-24-26(36-21)27(29-18-28-24)30-20-8-9-22-23(16-20)32-25(31-22)15-19-5-2-1-3-6-19/h1-3,5-6,8-9,16-18,34-35H,10-15H2,(H,31,32)(H,28,29,30). The first-order valence-electron chi connectivity index (χ1n) is 12.0. The van der Waals surface area contributed by atoms with Crippen molar-refractivity contribution in [1.82, 2.24) is 24.8 Å². The number of hydrogen-bond donors (Lipinski definition) is 4. The number of hydrogen-bond acceptors (Lipinski definition) is 8. The number of aromatic nitrogens is 4. The number of nitrogens with zero attached hydrogens (tertiary/aromatic N) is 4. The summed E-state index contributed by atoms with van der Waals surface area (Å²) < 4.78 is 20.5. The van der Waals surface area contributed by atoms with Crippen LogP contribution in [0.3, 0.4) is 0 Å². The minimum Gasteiger partial charge on any atom is -0.342 e. The Kier molecular flexibility index (Phi) is 6.54. The first-order chi connectivity index (χ1) is 18.0. The molecule has 0 aliphatic carbocycles. The smallest absolute Gasteiger partial charge is 0.151 e. The van der Waals surface area contributed by atoms with Gasteiger partial charge in [-0.1, -0.05) is 42.2 Å². The van der Waals surface area contributed by atoms with Crippen LogP contribution in [0.1, 0.15) is 16.3 Å². The highest BCUT2D eigenvalue weighted by Crippen LogP contribution is 2.40. The maximum absolute atomic E-state index is 9.77. The minimum absolute atomic E-state index is 0.431. The molecule has 2 aromatic carbocycles. The van der Waals surface area contributed by atoms with Gasteiger partial charge in [-0.3, -0.25) is 14.0 Å². The third-order valence-corrected chi connectivity index (χ3v) is 9.02. The van der Waals surface area contributed by atoms with E-state index in [9.17, 15) is 9.11 Å². The lowest BCUT2D eigenvalue weighted by molar-refractivity contribution is 0.318. The average Bonchev–Trinajstić information content (AvgIpc) is 3.49. The first-order valence-corrected chi connectivity index (χ1v) is 14.7. The number of anilines is 2. The van der Waals surface area contributed by atoms with E-state index in [-0.39, 0.29) is 0 Å². The molecule has 0 spiro atoms. The number of thiophene rings is 1. The third kappa shape index (κ3) is 5.61. The summed E-state index contributed by atoms with van der Waals surface area (Å²) in [5, 5.41) is 3.44. The third-order valence-electron chi connectivity index (χ3n) is 6.30. The van der Waals surface area contributed by atoms with Gasteiger partial charge in [-0.2, -0.15) is 10.6 Å². The Hall–Kier alpha value is -3.46. The van der Waals surface area contributed by atoms with Crippen molar-refractivity contribution in [1.29, 1.82) is 0 Å². The van der Waals surface area contributed by atoms with E-state index in [1.54, 1.807) is 17.7 Å². The summed E-state index contributed by atoms with van der Waals surface area (Å²) >= 11 is 1.56. The van der Waals surface area contributed by atoms with Gasteiger partial charge < -0.3 is 10.3 Å². The van der Waals surface area contributed by atoms with E-state index in [1.165, 1.54) is 5.56 Å². The lowest BCUT2D eigenvalue weighted by atomic mass is 10.1. The molecule has 1 fully saturated rings. The summed E-state index contributed by atoms with van der Waals surface area (Å²) in [4.78, 5) is 20.2. The Morgan fingerprint density at radius 3 is 2.70 bits per heavy atom. The molecule has 5 aromatic rings. The zero-order chi connectivity index (χ0) is 25.2. The summed E-state index contributed by atoms with van der Waals surface area (Å²) in [6.45, 7) is 1.94. The van der Waals surface area contributed by atoms with Crippen molar-refractivity contribution in [2.45, 2.75) is 6.42 Å². The maximum atomic E-state index is 9.77. The molecule has 3 aromatic heterocycles. The van der Waals surface area contributed by atoms with Gasteiger partial charge in [0.15, 0.2) is 5.82 Å². The van der Waals surface area contributed by atoms with Crippen molar-refractivity contribution in [3.05, 3.63) is 77.2 Å². The van der Waals surface area contributed by atoms with Crippen LogP contribution < -0.4 is 5.32 Å². The largest absolute Gasteiger partial charge is 0.342 e. The van der Waals surface area contributed by atoms with Crippen LogP contribution in [0.4, 0.5) is 11.5 Å². The molecule has 4 N–H and O–H groups in total. The van der Waals surface area contributed by atoms with Crippen molar-refractivity contribution < 1.29 is 9.11 Å². The number of rotatable bonds is 5. The van der Waals surface area contributed by atoms with Crippen molar-refractivity contribution in [3.8, 4) is 11.8 Å². The van der Waals surface area contributed by atoms with E-state index in [2.05, 4.69) is 49.1 Å². The van der Waals surface area contributed by atoms with Crippen LogP contribution >= 0.6 is 21.9 Å². The van der Waals surface area contributed by atoms with Crippen LogP contribution in [0.2, 0.25) is 0 Å². The highest BCUT2D eigenvalue weighted by molar-refractivity contribution is 8.24. The Morgan fingerprint density at radius 2 is 1.86 bits per heavy atom. The van der Waals surface area contributed by atoms with Crippen molar-refractivity contribution in [3.63, 3.8) is 0 Å². The molecular weight excluding hydrogens is 504 g/mol. The summed E-state index contributed by atoms with van der Waals surface area (Å²) in [7, 11) is -2.38. The van der Waals surface area contributed by atoms with Gasteiger partial charge in [0, 0.05) is 25.2 Å². The Morgan fingerprint density at radius 1 is 1.03 bits per heavy atom.